The van der Waals surface area contributed by atoms with E-state index in [2.05, 4.69) is 6.58 Å². The molecule has 0 saturated carbocycles. The predicted octanol–water partition coefficient (Wildman–Crippen LogP) is 1.11. The zero-order valence-corrected chi connectivity index (χ0v) is 5.81. The van der Waals surface area contributed by atoms with E-state index >= 15 is 0 Å². The highest BCUT2D eigenvalue weighted by Gasteiger charge is 2.05. The van der Waals surface area contributed by atoms with Crippen LogP contribution in [0.5, 0.6) is 0 Å². The topological polar surface area (TPSA) is 20.2 Å². The molecule has 0 bridgehead atoms. The summed E-state index contributed by atoms with van der Waals surface area (Å²) in [5.74, 6) is 0. The molecule has 0 aliphatic heterocycles. The van der Waals surface area contributed by atoms with E-state index < -0.39 is 9.04 Å². The second-order valence-electron chi connectivity index (χ2n) is 1.78. The van der Waals surface area contributed by atoms with Crippen molar-refractivity contribution in [2.24, 2.45) is 0 Å². The zero-order valence-electron chi connectivity index (χ0n) is 4.81. The van der Waals surface area contributed by atoms with E-state index in [0.717, 1.165) is 0 Å². The zero-order chi connectivity index (χ0) is 5.86. The Hall–Kier alpha value is -0.0831. The van der Waals surface area contributed by atoms with Crippen molar-refractivity contribution in [1.29, 1.82) is 0 Å². The van der Waals surface area contributed by atoms with Gasteiger partial charge in [-0.05, 0) is 5.54 Å². The Morgan fingerprint density at radius 2 is 2.14 bits per heavy atom. The first kappa shape index (κ1) is 6.92. The molecule has 1 nitrogen and oxygen atoms in total. The summed E-state index contributed by atoms with van der Waals surface area (Å²) in [4.78, 5) is 8.92. The van der Waals surface area contributed by atoms with Crippen molar-refractivity contribution < 1.29 is 4.80 Å². The molecule has 2 heteroatoms. The minimum Gasteiger partial charge on any atom is -0.427 e. The molecule has 0 atom stereocenters. The molecule has 7 heavy (non-hydrogen) atoms. The molecule has 0 aromatic heterocycles. The van der Waals surface area contributed by atoms with Crippen molar-refractivity contribution in [2.75, 3.05) is 0 Å². The quantitative estimate of drug-likeness (QED) is 0.534. The van der Waals surface area contributed by atoms with Crippen molar-refractivity contribution in [3.63, 3.8) is 0 Å². The summed E-state index contributed by atoms with van der Waals surface area (Å²) >= 11 is 0. The third-order valence-corrected chi connectivity index (χ3v) is 2.40. The van der Waals surface area contributed by atoms with Crippen LogP contribution in [0.4, 0.5) is 0 Å². The molecule has 1 radical (unpaired) electrons. The van der Waals surface area contributed by atoms with Gasteiger partial charge in [0, 0.05) is 0 Å². The first-order valence-electron chi connectivity index (χ1n) is 2.36. The molecule has 0 heterocycles. The highest BCUT2D eigenvalue weighted by Crippen LogP contribution is 2.03. The lowest BCUT2D eigenvalue weighted by atomic mass is 10.6. The van der Waals surface area contributed by atoms with Gasteiger partial charge in [-0.25, -0.2) is 0 Å². The first-order chi connectivity index (χ1) is 3.18. The molecule has 0 aliphatic carbocycles. The maximum Gasteiger partial charge on any atom is 0.237 e. The molecule has 0 unspecified atom stereocenters. The first-order valence-corrected chi connectivity index (χ1v) is 3.97. The van der Waals surface area contributed by atoms with E-state index in [1.165, 1.54) is 0 Å². The number of rotatable bonds is 2. The van der Waals surface area contributed by atoms with E-state index in [4.69, 9.17) is 4.80 Å². The lowest BCUT2D eigenvalue weighted by molar-refractivity contribution is 0.568. The third-order valence-electron chi connectivity index (χ3n) is 0.801. The van der Waals surface area contributed by atoms with E-state index in [0.29, 0.717) is 5.54 Å². The molecule has 0 spiro atoms. The third kappa shape index (κ3) is 2.59. The molecule has 0 rings (SSSR count). The van der Waals surface area contributed by atoms with Crippen LogP contribution >= 0.6 is 0 Å². The minimum absolute atomic E-state index is 0.405. The van der Waals surface area contributed by atoms with Crippen molar-refractivity contribution in [2.45, 2.75) is 19.4 Å². The smallest absolute Gasteiger partial charge is 0.237 e. The van der Waals surface area contributed by atoms with Gasteiger partial charge in [0.05, 0.1) is 0 Å². The molecule has 1 N–H and O–H groups in total. The normalized spacial score (nSPS) is 10.4. The summed E-state index contributed by atoms with van der Waals surface area (Å²) < 4.78 is 0. The Morgan fingerprint density at radius 1 is 1.71 bits per heavy atom. The Balaban J connectivity index is 3.33. The minimum atomic E-state index is -1.18. The van der Waals surface area contributed by atoms with Gasteiger partial charge in [0.2, 0.25) is 9.04 Å². The van der Waals surface area contributed by atoms with Gasteiger partial charge in [0.15, 0.2) is 0 Å². The van der Waals surface area contributed by atoms with E-state index in [9.17, 15) is 0 Å². The van der Waals surface area contributed by atoms with Crippen LogP contribution in [0.25, 0.3) is 0 Å². The molecule has 0 aromatic rings. The van der Waals surface area contributed by atoms with Gasteiger partial charge in [-0.1, -0.05) is 19.5 Å². The monoisotopic (exact) mass is 115 g/mol. The molecule has 0 aromatic carbocycles. The van der Waals surface area contributed by atoms with Crippen molar-refractivity contribution in [1.82, 2.24) is 0 Å². The Bertz CT molecular complexity index is 61.1. The summed E-state index contributed by atoms with van der Waals surface area (Å²) in [6.07, 6.45) is 0. The van der Waals surface area contributed by atoms with Crippen molar-refractivity contribution >= 4 is 9.04 Å². The van der Waals surface area contributed by atoms with Gasteiger partial charge in [-0.3, -0.25) is 0 Å². The van der Waals surface area contributed by atoms with E-state index in [-0.39, 0.29) is 0 Å². The molecular weight excluding hydrogens is 104 g/mol. The van der Waals surface area contributed by atoms with Crippen LogP contribution in [0.3, 0.4) is 0 Å². The summed E-state index contributed by atoms with van der Waals surface area (Å²) in [7, 11) is -1.18. The number of hydrogen-bond acceptors (Lipinski definition) is 1. The average Bonchev–Trinajstić information content (AvgIpc) is 1.65. The van der Waals surface area contributed by atoms with Crippen molar-refractivity contribution in [3.8, 4) is 0 Å². The fourth-order valence-corrected chi connectivity index (χ4v) is 0.707. The lowest BCUT2D eigenvalue weighted by Gasteiger charge is -2.02. The molecule has 0 amide bonds. The van der Waals surface area contributed by atoms with Gasteiger partial charge >= 0.3 is 0 Å². The van der Waals surface area contributed by atoms with Gasteiger partial charge in [-0.15, -0.1) is 6.58 Å². The standard InChI is InChI=1S/C5H11OSi/c1-4-7(6)5(2)3/h4-6H,1H2,2-3H3. The molecule has 0 aliphatic rings. The van der Waals surface area contributed by atoms with Gasteiger partial charge < -0.3 is 4.80 Å². The van der Waals surface area contributed by atoms with Crippen molar-refractivity contribution in [3.05, 3.63) is 12.3 Å². The summed E-state index contributed by atoms with van der Waals surface area (Å²) in [6.45, 7) is 7.47. The highest BCUT2D eigenvalue weighted by molar-refractivity contribution is 6.57. The van der Waals surface area contributed by atoms with Crippen LogP contribution in [0.2, 0.25) is 5.54 Å². The predicted molar refractivity (Wildman–Crippen MR) is 33.3 cm³/mol. The SMILES string of the molecule is C=C[Si](O)C(C)C. The van der Waals surface area contributed by atoms with E-state index in [1.54, 1.807) is 5.70 Å². The molecule has 41 valence electrons. The van der Waals surface area contributed by atoms with E-state index in [1.807, 2.05) is 13.8 Å². The summed E-state index contributed by atoms with van der Waals surface area (Å²) in [5.41, 5.74) is 2.05. The second kappa shape index (κ2) is 2.99. The van der Waals surface area contributed by atoms with Gasteiger partial charge in [0.25, 0.3) is 0 Å². The fourth-order valence-electron chi connectivity index (χ4n) is 0.236. The largest absolute Gasteiger partial charge is 0.427 e. The summed E-state index contributed by atoms with van der Waals surface area (Å²) in [5, 5.41) is 0. The molecule has 0 fully saturated rings. The van der Waals surface area contributed by atoms with Gasteiger partial charge in [0.1, 0.15) is 0 Å². The summed E-state index contributed by atoms with van der Waals surface area (Å²) in [6, 6.07) is 0. The molecule has 0 saturated heterocycles. The van der Waals surface area contributed by atoms with Crippen LogP contribution in [-0.2, 0) is 0 Å². The average molecular weight is 115 g/mol. The van der Waals surface area contributed by atoms with Crippen LogP contribution in [0.1, 0.15) is 13.8 Å². The highest BCUT2D eigenvalue weighted by atomic mass is 28.3. The Morgan fingerprint density at radius 3 is 2.14 bits per heavy atom. The Kier molecular flexibility index (Phi) is 2.95. The van der Waals surface area contributed by atoms with Crippen LogP contribution < -0.4 is 0 Å². The molecular formula is C5H11OSi. The fraction of sp³-hybridized carbons (Fsp3) is 0.600. The second-order valence-corrected chi connectivity index (χ2v) is 4.20. The maximum absolute atomic E-state index is 8.92. The van der Waals surface area contributed by atoms with Gasteiger partial charge in [-0.2, -0.15) is 0 Å². The number of hydrogen-bond donors (Lipinski definition) is 1. The van der Waals surface area contributed by atoms with Crippen LogP contribution in [0.15, 0.2) is 12.3 Å². The van der Waals surface area contributed by atoms with Crippen LogP contribution in [0, 0.1) is 0 Å². The lowest BCUT2D eigenvalue weighted by Crippen LogP contribution is -2.11. The maximum atomic E-state index is 8.92. The Labute approximate surface area is 46.4 Å². The van der Waals surface area contributed by atoms with Crippen LogP contribution in [-0.4, -0.2) is 13.8 Å².